The molecule has 1 aliphatic carbocycles. The number of nitrogens with one attached hydrogen (secondary N) is 3. The third kappa shape index (κ3) is 5.93. The second-order valence-electron chi connectivity index (χ2n) is 11.5. The molecule has 1 saturated heterocycles. The van der Waals surface area contributed by atoms with Crippen molar-refractivity contribution in [2.45, 2.75) is 24.8 Å². The maximum Gasteiger partial charge on any atom is 0.272 e. The van der Waals surface area contributed by atoms with Gasteiger partial charge in [-0.2, -0.15) is 0 Å². The standard InChI is InChI=1S/C31H31F2N9O3/c1-40-38-27(37-39-40)26(19-5-3-2-4-6-19)41-11-13-42(14-12-41)30(44)24-15-20(9-10-34-24)29-36-23-16-22(7-8-25(23)45-29)35-28(43)21-17-31(32,33)18-21/h2-10,15-16,21,26,39H,11-14,17-18H2,1H3,(H,35,43)(H,37,38)/t26-/m0/s1. The van der Waals surface area contributed by atoms with Crippen molar-refractivity contribution in [2.24, 2.45) is 11.0 Å². The fourth-order valence-electron chi connectivity index (χ4n) is 5.90. The number of hydrazine groups is 2. The summed E-state index contributed by atoms with van der Waals surface area (Å²) in [7, 11) is 1.82. The fourth-order valence-corrected chi connectivity index (χ4v) is 5.90. The summed E-state index contributed by atoms with van der Waals surface area (Å²) in [4.78, 5) is 38.8. The molecule has 45 heavy (non-hydrogen) atoms. The predicted molar refractivity (Wildman–Crippen MR) is 162 cm³/mol. The highest BCUT2D eigenvalue weighted by atomic mass is 19.3. The van der Waals surface area contributed by atoms with Gasteiger partial charge in [-0.1, -0.05) is 30.3 Å². The van der Waals surface area contributed by atoms with E-state index in [-0.39, 0.29) is 17.6 Å². The number of hydrogen-bond acceptors (Lipinski definition) is 10. The van der Waals surface area contributed by atoms with Crippen LogP contribution in [0.1, 0.15) is 34.9 Å². The number of alkyl halides is 2. The quantitative estimate of drug-likeness (QED) is 0.285. The van der Waals surface area contributed by atoms with Gasteiger partial charge in [0.15, 0.2) is 11.4 Å². The lowest BCUT2D eigenvalue weighted by Gasteiger charge is -2.39. The number of benzene rings is 2. The lowest BCUT2D eigenvalue weighted by atomic mass is 9.81. The summed E-state index contributed by atoms with van der Waals surface area (Å²) in [5.41, 5.74) is 9.51. The van der Waals surface area contributed by atoms with Gasteiger partial charge in [-0.05, 0) is 35.9 Å². The highest BCUT2D eigenvalue weighted by molar-refractivity contribution is 5.96. The van der Waals surface area contributed by atoms with Gasteiger partial charge in [0.05, 0.1) is 6.04 Å². The number of halogens is 2. The molecule has 3 aliphatic rings. The summed E-state index contributed by atoms with van der Waals surface area (Å²) >= 11 is 0. The Morgan fingerprint density at radius 2 is 1.82 bits per heavy atom. The first-order valence-corrected chi connectivity index (χ1v) is 14.7. The molecule has 0 bridgehead atoms. The molecule has 2 aromatic heterocycles. The van der Waals surface area contributed by atoms with Crippen LogP contribution in [0.3, 0.4) is 0 Å². The number of rotatable bonds is 7. The molecule has 0 radical (unpaired) electrons. The van der Waals surface area contributed by atoms with E-state index in [1.54, 1.807) is 46.5 Å². The monoisotopic (exact) mass is 615 g/mol. The lowest BCUT2D eigenvalue weighted by molar-refractivity contribution is -0.145. The maximum atomic E-state index is 13.5. The summed E-state index contributed by atoms with van der Waals surface area (Å²) in [5, 5.41) is 8.88. The molecule has 232 valence electrons. The van der Waals surface area contributed by atoms with Crippen LogP contribution in [-0.4, -0.2) is 81.7 Å². The first-order chi connectivity index (χ1) is 21.7. The van der Waals surface area contributed by atoms with Crippen molar-refractivity contribution in [3.63, 3.8) is 0 Å². The highest BCUT2D eigenvalue weighted by Crippen LogP contribution is 2.43. The van der Waals surface area contributed by atoms with Crippen LogP contribution < -0.4 is 16.3 Å². The zero-order valence-electron chi connectivity index (χ0n) is 24.4. The zero-order chi connectivity index (χ0) is 31.1. The van der Waals surface area contributed by atoms with E-state index in [4.69, 9.17) is 4.42 Å². The summed E-state index contributed by atoms with van der Waals surface area (Å²) in [6, 6.07) is 18.3. The van der Waals surface area contributed by atoms with Crippen molar-refractivity contribution in [3.05, 3.63) is 78.1 Å². The van der Waals surface area contributed by atoms with E-state index < -0.39 is 30.6 Å². The smallest absolute Gasteiger partial charge is 0.272 e. The van der Waals surface area contributed by atoms with Crippen LogP contribution in [-0.2, 0) is 4.79 Å². The Morgan fingerprint density at radius 3 is 2.53 bits per heavy atom. The third-order valence-corrected chi connectivity index (χ3v) is 8.29. The molecule has 4 heterocycles. The molecule has 1 atom stereocenters. The van der Waals surface area contributed by atoms with Gasteiger partial charge in [-0.3, -0.25) is 24.9 Å². The van der Waals surface area contributed by atoms with Crippen molar-refractivity contribution in [3.8, 4) is 11.5 Å². The van der Waals surface area contributed by atoms with Crippen LogP contribution in [0.2, 0.25) is 0 Å². The molecule has 1 saturated carbocycles. The van der Waals surface area contributed by atoms with Crippen LogP contribution in [0.25, 0.3) is 22.6 Å². The van der Waals surface area contributed by atoms with Gasteiger partial charge in [0.1, 0.15) is 11.2 Å². The SMILES string of the molecule is CN1N=C([C@H](c2ccccc2)N2CCN(C(=O)c3cc(-c4nc5cc(NC(=O)C6CC(F)(F)C6)ccc5o4)ccn3)CC2)NN1. The number of anilines is 1. The second-order valence-corrected chi connectivity index (χ2v) is 11.5. The van der Waals surface area contributed by atoms with E-state index in [1.807, 2.05) is 25.2 Å². The van der Waals surface area contributed by atoms with Crippen LogP contribution in [0.5, 0.6) is 0 Å². The van der Waals surface area contributed by atoms with E-state index in [0.717, 1.165) is 11.4 Å². The number of piperazine rings is 1. The van der Waals surface area contributed by atoms with Gasteiger partial charge >= 0.3 is 0 Å². The molecule has 2 amide bonds. The van der Waals surface area contributed by atoms with Crippen LogP contribution in [0.4, 0.5) is 14.5 Å². The van der Waals surface area contributed by atoms with Crippen molar-refractivity contribution in [1.82, 2.24) is 35.8 Å². The molecular weight excluding hydrogens is 584 g/mol. The van der Waals surface area contributed by atoms with E-state index in [9.17, 15) is 18.4 Å². The number of amides is 2. The minimum atomic E-state index is -2.77. The summed E-state index contributed by atoms with van der Waals surface area (Å²) in [6.45, 7) is 2.31. The number of nitrogens with zero attached hydrogens (tertiary/aromatic N) is 6. The molecule has 12 nitrogen and oxygen atoms in total. The van der Waals surface area contributed by atoms with Gasteiger partial charge in [0.25, 0.3) is 5.91 Å². The van der Waals surface area contributed by atoms with Crippen molar-refractivity contribution in [1.29, 1.82) is 0 Å². The number of oxazole rings is 1. The first-order valence-electron chi connectivity index (χ1n) is 14.7. The number of aromatic nitrogens is 2. The molecule has 0 unspecified atom stereocenters. The third-order valence-electron chi connectivity index (χ3n) is 8.29. The number of carbonyl (C=O) groups excluding carboxylic acids is 2. The fraction of sp³-hybridized carbons (Fsp3) is 0.323. The molecule has 2 aromatic carbocycles. The number of carbonyl (C=O) groups is 2. The Balaban J connectivity index is 1.02. The van der Waals surface area contributed by atoms with Crippen LogP contribution in [0.15, 0.2) is 76.4 Å². The van der Waals surface area contributed by atoms with E-state index in [1.165, 1.54) is 0 Å². The Hall–Kier alpha value is -4.95. The van der Waals surface area contributed by atoms with Gasteiger partial charge in [0, 0.05) is 69.4 Å². The zero-order valence-corrected chi connectivity index (χ0v) is 24.4. The average molecular weight is 616 g/mol. The van der Waals surface area contributed by atoms with Gasteiger partial charge in [-0.15, -0.1) is 10.6 Å². The van der Waals surface area contributed by atoms with Crippen molar-refractivity contribution < 1.29 is 22.8 Å². The normalized spacial score (nSPS) is 19.1. The largest absolute Gasteiger partial charge is 0.436 e. The second kappa shape index (κ2) is 11.5. The number of hydrogen-bond donors (Lipinski definition) is 3. The Bertz CT molecular complexity index is 1760. The van der Waals surface area contributed by atoms with E-state index >= 15 is 0 Å². The predicted octanol–water partition coefficient (Wildman–Crippen LogP) is 3.64. The maximum absolute atomic E-state index is 13.5. The summed E-state index contributed by atoms with van der Waals surface area (Å²) < 4.78 is 32.3. The Kier molecular flexibility index (Phi) is 7.37. The van der Waals surface area contributed by atoms with Gasteiger partial charge < -0.3 is 14.6 Å². The van der Waals surface area contributed by atoms with Gasteiger partial charge in [0.2, 0.25) is 17.7 Å². The molecule has 14 heteroatoms. The molecule has 4 aromatic rings. The summed E-state index contributed by atoms with van der Waals surface area (Å²) in [5.74, 6) is -3.02. The Labute approximate surface area is 257 Å². The lowest BCUT2D eigenvalue weighted by Crippen LogP contribution is -2.52. The number of amidine groups is 1. The average Bonchev–Trinajstić information content (AvgIpc) is 3.66. The number of hydrazone groups is 1. The van der Waals surface area contributed by atoms with Crippen molar-refractivity contribution >= 4 is 34.4 Å². The van der Waals surface area contributed by atoms with Crippen LogP contribution >= 0.6 is 0 Å². The topological polar surface area (TPSA) is 131 Å². The Morgan fingerprint density at radius 1 is 1.04 bits per heavy atom. The summed E-state index contributed by atoms with van der Waals surface area (Å²) in [6.07, 6.45) is 0.669. The highest BCUT2D eigenvalue weighted by Gasteiger charge is 2.48. The minimum Gasteiger partial charge on any atom is -0.436 e. The molecule has 3 N–H and O–H groups in total. The van der Waals surface area contributed by atoms with E-state index in [2.05, 4.69) is 48.4 Å². The molecule has 2 fully saturated rings. The van der Waals surface area contributed by atoms with E-state index in [0.29, 0.717) is 54.4 Å². The molecule has 0 spiro atoms. The molecule has 7 rings (SSSR count). The minimum absolute atomic E-state index is 0.0988. The number of fused-ring (bicyclic) bond motifs is 1. The van der Waals surface area contributed by atoms with Crippen molar-refractivity contribution in [2.75, 3.05) is 38.5 Å². The van der Waals surface area contributed by atoms with Gasteiger partial charge in [-0.25, -0.2) is 18.9 Å². The molecule has 2 aliphatic heterocycles. The van der Waals surface area contributed by atoms with Crippen LogP contribution in [0, 0.1) is 5.92 Å². The molecular formula is C31H31F2N9O3. The number of pyridine rings is 1. The first kappa shape index (κ1) is 28.8.